The molecule has 1 aromatic heterocycles. The average molecular weight is 524 g/mol. The maximum atomic E-state index is 13.7. The molecule has 1 amide bonds. The van der Waals surface area contributed by atoms with Crippen molar-refractivity contribution in [2.45, 2.75) is 57.9 Å². The summed E-state index contributed by atoms with van der Waals surface area (Å²) in [6, 6.07) is 21.0. The van der Waals surface area contributed by atoms with Crippen molar-refractivity contribution in [1.29, 1.82) is 0 Å². The Morgan fingerprint density at radius 2 is 1.77 bits per heavy atom. The van der Waals surface area contributed by atoms with Gasteiger partial charge in [0.25, 0.3) is 5.56 Å². The zero-order valence-electron chi connectivity index (χ0n) is 22.1. The van der Waals surface area contributed by atoms with E-state index in [2.05, 4.69) is 10.4 Å². The normalized spacial score (nSPS) is 14.4. The lowest BCUT2D eigenvalue weighted by Gasteiger charge is -2.24. The van der Waals surface area contributed by atoms with Crippen molar-refractivity contribution in [3.8, 4) is 0 Å². The third-order valence-corrected chi connectivity index (χ3v) is 7.90. The van der Waals surface area contributed by atoms with Crippen LogP contribution in [0.25, 0.3) is 10.8 Å². The number of anilines is 1. The van der Waals surface area contributed by atoms with E-state index in [0.29, 0.717) is 18.4 Å². The topological polar surface area (TPSA) is 101 Å². The molecule has 1 aliphatic rings. The van der Waals surface area contributed by atoms with E-state index in [1.165, 1.54) is 4.68 Å². The second kappa shape index (κ2) is 11.6. The Bertz CT molecular complexity index is 1550. The maximum Gasteiger partial charge on any atom is 0.303 e. The van der Waals surface area contributed by atoms with Crippen molar-refractivity contribution in [3.05, 3.63) is 106 Å². The maximum absolute atomic E-state index is 13.7. The lowest BCUT2D eigenvalue weighted by atomic mass is 9.83. The van der Waals surface area contributed by atoms with Crippen LogP contribution in [-0.4, -0.2) is 26.8 Å². The van der Waals surface area contributed by atoms with Gasteiger partial charge in [0.05, 0.1) is 24.0 Å². The van der Waals surface area contributed by atoms with Crippen LogP contribution in [0.3, 0.4) is 0 Å². The highest BCUT2D eigenvalue weighted by atomic mass is 16.4. The molecule has 39 heavy (non-hydrogen) atoms. The molecule has 0 aliphatic heterocycles. The molecule has 1 fully saturated rings. The Morgan fingerprint density at radius 1 is 1.03 bits per heavy atom. The fourth-order valence-corrected chi connectivity index (χ4v) is 5.71. The molecule has 4 aromatic rings. The first-order chi connectivity index (χ1) is 18.9. The summed E-state index contributed by atoms with van der Waals surface area (Å²) in [5.74, 6) is -0.906. The fraction of sp³-hybridized carbons (Fsp3) is 0.312. The molecule has 0 radical (unpaired) electrons. The van der Waals surface area contributed by atoms with E-state index in [0.717, 1.165) is 59.0 Å². The van der Waals surface area contributed by atoms with E-state index in [4.69, 9.17) is 5.11 Å². The largest absolute Gasteiger partial charge is 0.481 e. The highest BCUT2D eigenvalue weighted by molar-refractivity contribution is 5.97. The molecule has 0 saturated heterocycles. The Balaban J connectivity index is 1.36. The van der Waals surface area contributed by atoms with E-state index in [-0.39, 0.29) is 29.7 Å². The summed E-state index contributed by atoms with van der Waals surface area (Å²) in [5, 5.41) is 18.0. The number of amides is 1. The van der Waals surface area contributed by atoms with Crippen LogP contribution < -0.4 is 10.9 Å². The number of aryl methyl sites for hydroxylation is 1. The van der Waals surface area contributed by atoms with Gasteiger partial charge >= 0.3 is 5.97 Å². The predicted molar refractivity (Wildman–Crippen MR) is 152 cm³/mol. The number of carbonyl (C=O) groups is 2. The second-order valence-corrected chi connectivity index (χ2v) is 10.4. The van der Waals surface area contributed by atoms with Gasteiger partial charge in [-0.05, 0) is 66.5 Å². The van der Waals surface area contributed by atoms with Gasteiger partial charge in [-0.3, -0.25) is 14.4 Å². The first-order valence-corrected chi connectivity index (χ1v) is 13.6. The van der Waals surface area contributed by atoms with Crippen molar-refractivity contribution < 1.29 is 14.7 Å². The van der Waals surface area contributed by atoms with Crippen molar-refractivity contribution in [3.63, 3.8) is 0 Å². The molecule has 1 atom stereocenters. The van der Waals surface area contributed by atoms with E-state index in [1.807, 2.05) is 73.7 Å². The average Bonchev–Trinajstić information content (AvgIpc) is 3.46. The van der Waals surface area contributed by atoms with Crippen LogP contribution in [0.2, 0.25) is 0 Å². The minimum atomic E-state index is -0.838. The van der Waals surface area contributed by atoms with E-state index >= 15 is 0 Å². The molecule has 7 heteroatoms. The van der Waals surface area contributed by atoms with E-state index in [1.54, 1.807) is 6.20 Å². The van der Waals surface area contributed by atoms with Gasteiger partial charge in [0.2, 0.25) is 5.91 Å². The number of carboxylic acid groups (broad SMARTS) is 1. The number of carboxylic acids is 1. The first-order valence-electron chi connectivity index (χ1n) is 13.6. The van der Waals surface area contributed by atoms with Gasteiger partial charge in [-0.25, -0.2) is 4.68 Å². The van der Waals surface area contributed by atoms with Gasteiger partial charge in [-0.2, -0.15) is 5.10 Å². The molecule has 1 aliphatic carbocycles. The van der Waals surface area contributed by atoms with Crippen LogP contribution in [-0.2, 0) is 22.6 Å². The molecule has 0 spiro atoms. The number of carbonyl (C=O) groups excluding carboxylic acids is 1. The van der Waals surface area contributed by atoms with E-state index in [9.17, 15) is 14.4 Å². The highest BCUT2D eigenvalue weighted by Gasteiger charge is 2.32. The third kappa shape index (κ3) is 5.93. The summed E-state index contributed by atoms with van der Waals surface area (Å²) in [5.41, 5.74) is 4.33. The quantitative estimate of drug-likeness (QED) is 0.294. The van der Waals surface area contributed by atoms with Gasteiger partial charge in [-0.1, -0.05) is 67.4 Å². The van der Waals surface area contributed by atoms with Crippen molar-refractivity contribution in [2.75, 3.05) is 5.32 Å². The SMILES string of the molecule is Cc1c(CCC(=O)O)cccc1NC(=O)C(c1ccc(Cn2ncc3ccccc3c2=O)cc1)C1CCCC1. The summed E-state index contributed by atoms with van der Waals surface area (Å²) in [6.07, 6.45) is 6.44. The first kappa shape index (κ1) is 26.4. The second-order valence-electron chi connectivity index (χ2n) is 10.4. The van der Waals surface area contributed by atoms with Gasteiger partial charge in [0.1, 0.15) is 0 Å². The molecule has 2 N–H and O–H groups in total. The zero-order chi connectivity index (χ0) is 27.4. The summed E-state index contributed by atoms with van der Waals surface area (Å²) < 4.78 is 1.47. The number of fused-ring (bicyclic) bond motifs is 1. The zero-order valence-corrected chi connectivity index (χ0v) is 22.1. The minimum Gasteiger partial charge on any atom is -0.481 e. The molecule has 3 aromatic carbocycles. The number of nitrogens with one attached hydrogen (secondary N) is 1. The Morgan fingerprint density at radius 3 is 2.51 bits per heavy atom. The number of rotatable bonds is 9. The summed E-state index contributed by atoms with van der Waals surface area (Å²) in [6.45, 7) is 2.28. The van der Waals surface area contributed by atoms with Crippen molar-refractivity contribution in [2.24, 2.45) is 5.92 Å². The van der Waals surface area contributed by atoms with Crippen LogP contribution in [0.1, 0.15) is 60.3 Å². The standard InChI is InChI=1S/C32H33N3O4/c1-21-23(17-18-29(36)37)10-6-12-28(21)34-31(38)30(24-7-2-3-8-24)25-15-13-22(14-16-25)20-35-32(39)27-11-5-4-9-26(27)19-33-35/h4-6,9-16,19,24,30H,2-3,7-8,17-18,20H2,1H3,(H,34,38)(H,36,37). The van der Waals surface area contributed by atoms with Crippen molar-refractivity contribution in [1.82, 2.24) is 9.78 Å². The van der Waals surface area contributed by atoms with Gasteiger partial charge < -0.3 is 10.4 Å². The smallest absolute Gasteiger partial charge is 0.303 e. The van der Waals surface area contributed by atoms with Crippen LogP contribution in [0.15, 0.2) is 77.7 Å². The number of benzene rings is 3. The van der Waals surface area contributed by atoms with Crippen LogP contribution in [0, 0.1) is 12.8 Å². The summed E-state index contributed by atoms with van der Waals surface area (Å²) >= 11 is 0. The number of aliphatic carboxylic acids is 1. The van der Waals surface area contributed by atoms with Gasteiger partial charge in [0.15, 0.2) is 0 Å². The molecule has 200 valence electrons. The van der Waals surface area contributed by atoms with Crippen LogP contribution in [0.5, 0.6) is 0 Å². The molecular formula is C32H33N3O4. The summed E-state index contributed by atoms with van der Waals surface area (Å²) in [7, 11) is 0. The Hall–Kier alpha value is -4.26. The van der Waals surface area contributed by atoms with Crippen LogP contribution in [0.4, 0.5) is 5.69 Å². The molecule has 7 nitrogen and oxygen atoms in total. The van der Waals surface area contributed by atoms with Gasteiger partial charge in [0, 0.05) is 17.5 Å². The number of nitrogens with zero attached hydrogens (tertiary/aromatic N) is 2. The molecule has 1 unspecified atom stereocenters. The molecular weight excluding hydrogens is 490 g/mol. The molecule has 1 heterocycles. The number of hydrogen-bond acceptors (Lipinski definition) is 4. The molecule has 1 saturated carbocycles. The molecule has 0 bridgehead atoms. The minimum absolute atomic E-state index is 0.0412. The molecule has 5 rings (SSSR count). The lowest BCUT2D eigenvalue weighted by Crippen LogP contribution is -2.27. The van der Waals surface area contributed by atoms with Gasteiger partial charge in [-0.15, -0.1) is 0 Å². The predicted octanol–water partition coefficient (Wildman–Crippen LogP) is 5.68. The number of aromatic nitrogens is 2. The Kier molecular flexibility index (Phi) is 7.87. The van der Waals surface area contributed by atoms with Crippen LogP contribution >= 0.6 is 0 Å². The monoisotopic (exact) mass is 523 g/mol. The highest BCUT2D eigenvalue weighted by Crippen LogP contribution is 2.38. The third-order valence-electron chi connectivity index (χ3n) is 7.90. The lowest BCUT2D eigenvalue weighted by molar-refractivity contribution is -0.137. The fourth-order valence-electron chi connectivity index (χ4n) is 5.71. The van der Waals surface area contributed by atoms with Crippen molar-refractivity contribution >= 4 is 28.3 Å². The number of hydrogen-bond donors (Lipinski definition) is 2. The summed E-state index contributed by atoms with van der Waals surface area (Å²) in [4.78, 5) is 37.6. The van der Waals surface area contributed by atoms with E-state index < -0.39 is 5.97 Å². The Labute approximate surface area is 227 Å².